The van der Waals surface area contributed by atoms with Crippen molar-refractivity contribution in [2.75, 3.05) is 13.1 Å². The van der Waals surface area contributed by atoms with Gasteiger partial charge >= 0.3 is 6.09 Å². The molecule has 86 valence electrons. The lowest BCUT2D eigenvalue weighted by Gasteiger charge is -2.20. The van der Waals surface area contributed by atoms with Crippen molar-refractivity contribution in [3.05, 3.63) is 0 Å². The third-order valence-electron chi connectivity index (χ3n) is 3.28. The minimum absolute atomic E-state index is 0.114. The molecule has 4 heteroatoms. The van der Waals surface area contributed by atoms with Gasteiger partial charge < -0.3 is 14.7 Å². The molecule has 15 heavy (non-hydrogen) atoms. The number of hydrogen-bond donors (Lipinski definition) is 1. The molecule has 0 radical (unpaired) electrons. The van der Waals surface area contributed by atoms with Crippen molar-refractivity contribution in [3.63, 3.8) is 0 Å². The molecule has 2 fully saturated rings. The van der Waals surface area contributed by atoms with Crippen LogP contribution in [0.1, 0.15) is 39.0 Å². The normalized spacial score (nSPS) is 32.3. The Morgan fingerprint density at radius 2 is 2.13 bits per heavy atom. The van der Waals surface area contributed by atoms with Crippen LogP contribution in [0.2, 0.25) is 0 Å². The van der Waals surface area contributed by atoms with E-state index in [0.29, 0.717) is 19.5 Å². The predicted octanol–water partition coefficient (Wildman–Crippen LogP) is 1.52. The van der Waals surface area contributed by atoms with E-state index in [-0.39, 0.29) is 12.2 Å². The number of nitrogens with zero attached hydrogens (tertiary/aromatic N) is 1. The van der Waals surface area contributed by atoms with E-state index >= 15 is 0 Å². The van der Waals surface area contributed by atoms with Crippen LogP contribution in [0.5, 0.6) is 0 Å². The molecule has 0 aromatic carbocycles. The van der Waals surface area contributed by atoms with Gasteiger partial charge in [-0.25, -0.2) is 4.79 Å². The monoisotopic (exact) mass is 213 g/mol. The highest BCUT2D eigenvalue weighted by Crippen LogP contribution is 2.24. The van der Waals surface area contributed by atoms with Gasteiger partial charge in [0.05, 0.1) is 12.1 Å². The molecule has 1 heterocycles. The summed E-state index contributed by atoms with van der Waals surface area (Å²) in [4.78, 5) is 13.3. The molecular weight excluding hydrogens is 194 g/mol. The van der Waals surface area contributed by atoms with Crippen molar-refractivity contribution in [2.24, 2.45) is 0 Å². The smallest absolute Gasteiger partial charge is 0.410 e. The highest BCUT2D eigenvalue weighted by Gasteiger charge is 2.35. The molecule has 1 aliphatic carbocycles. The van der Waals surface area contributed by atoms with Crippen LogP contribution < -0.4 is 0 Å². The Morgan fingerprint density at radius 3 is 2.67 bits per heavy atom. The number of β-amino-alcohol motifs (C(OH)–C–C–N with tert-alkyl or cyclic N) is 1. The number of carbonyl (C=O) groups is 1. The molecule has 1 atom stereocenters. The van der Waals surface area contributed by atoms with Gasteiger partial charge in [-0.2, -0.15) is 0 Å². The first-order valence-electron chi connectivity index (χ1n) is 5.75. The van der Waals surface area contributed by atoms with Gasteiger partial charge in [-0.3, -0.25) is 0 Å². The zero-order valence-corrected chi connectivity index (χ0v) is 9.24. The average Bonchev–Trinajstić information content (AvgIpc) is 2.74. The number of aliphatic hydroxyl groups is 1. The van der Waals surface area contributed by atoms with E-state index in [1.165, 1.54) is 0 Å². The molecule has 0 spiro atoms. The fourth-order valence-corrected chi connectivity index (χ4v) is 2.32. The van der Waals surface area contributed by atoms with Crippen LogP contribution in [0.15, 0.2) is 0 Å². The summed E-state index contributed by atoms with van der Waals surface area (Å²) in [5, 5.41) is 9.73. The molecule has 1 N–H and O–H groups in total. The summed E-state index contributed by atoms with van der Waals surface area (Å²) in [5.74, 6) is 0. The zero-order chi connectivity index (χ0) is 10.9. The second-order valence-electron chi connectivity index (χ2n) is 4.96. The summed E-state index contributed by atoms with van der Waals surface area (Å²) >= 11 is 0. The van der Waals surface area contributed by atoms with E-state index in [4.69, 9.17) is 4.74 Å². The van der Waals surface area contributed by atoms with Crippen LogP contribution in [0.25, 0.3) is 0 Å². The fourth-order valence-electron chi connectivity index (χ4n) is 2.32. The Balaban J connectivity index is 1.81. The second kappa shape index (κ2) is 4.00. The van der Waals surface area contributed by atoms with Crippen molar-refractivity contribution in [3.8, 4) is 0 Å². The minimum Gasteiger partial charge on any atom is -0.446 e. The summed E-state index contributed by atoms with van der Waals surface area (Å²) in [7, 11) is 0. The van der Waals surface area contributed by atoms with Crippen molar-refractivity contribution in [2.45, 2.75) is 50.7 Å². The molecule has 1 amide bonds. The first-order chi connectivity index (χ1) is 7.07. The standard InChI is InChI=1S/C11H19NO3/c1-11(14)6-7-12(8-11)10(13)15-9-4-2-3-5-9/h9,14H,2-8H2,1H3. The Kier molecular flexibility index (Phi) is 2.87. The van der Waals surface area contributed by atoms with E-state index in [1.807, 2.05) is 0 Å². The van der Waals surface area contributed by atoms with Crippen molar-refractivity contribution in [1.29, 1.82) is 0 Å². The molecule has 1 saturated carbocycles. The Morgan fingerprint density at radius 1 is 1.47 bits per heavy atom. The molecule has 0 aromatic rings. The van der Waals surface area contributed by atoms with Crippen molar-refractivity contribution < 1.29 is 14.6 Å². The largest absolute Gasteiger partial charge is 0.446 e. The topological polar surface area (TPSA) is 49.8 Å². The van der Waals surface area contributed by atoms with E-state index < -0.39 is 5.60 Å². The average molecular weight is 213 g/mol. The Bertz CT molecular complexity index is 246. The highest BCUT2D eigenvalue weighted by molar-refractivity contribution is 5.68. The molecule has 0 bridgehead atoms. The lowest BCUT2D eigenvalue weighted by Crippen LogP contribution is -2.35. The first-order valence-corrected chi connectivity index (χ1v) is 5.75. The van der Waals surface area contributed by atoms with Gasteiger partial charge in [-0.1, -0.05) is 0 Å². The van der Waals surface area contributed by atoms with E-state index in [0.717, 1.165) is 25.7 Å². The van der Waals surface area contributed by atoms with Crippen molar-refractivity contribution in [1.82, 2.24) is 4.90 Å². The second-order valence-corrected chi connectivity index (χ2v) is 4.96. The van der Waals surface area contributed by atoms with Gasteiger partial charge in [-0.15, -0.1) is 0 Å². The number of ether oxygens (including phenoxy) is 1. The summed E-state index contributed by atoms with van der Waals surface area (Å²) < 4.78 is 5.36. The molecule has 2 aliphatic rings. The Hall–Kier alpha value is -0.770. The SMILES string of the molecule is CC1(O)CCN(C(=O)OC2CCCC2)C1. The van der Waals surface area contributed by atoms with Crippen LogP contribution in [-0.4, -0.2) is 40.9 Å². The maximum atomic E-state index is 11.7. The number of hydrogen-bond acceptors (Lipinski definition) is 3. The Labute approximate surface area is 90.2 Å². The molecular formula is C11H19NO3. The van der Waals surface area contributed by atoms with Gasteiger partial charge in [0.25, 0.3) is 0 Å². The van der Waals surface area contributed by atoms with Crippen LogP contribution in [0.4, 0.5) is 4.79 Å². The molecule has 0 aromatic heterocycles. The molecule has 2 rings (SSSR count). The number of rotatable bonds is 1. The fraction of sp³-hybridized carbons (Fsp3) is 0.909. The van der Waals surface area contributed by atoms with E-state index in [2.05, 4.69) is 0 Å². The number of amides is 1. The third-order valence-corrected chi connectivity index (χ3v) is 3.28. The minimum atomic E-state index is -0.727. The van der Waals surface area contributed by atoms with Crippen molar-refractivity contribution >= 4 is 6.09 Å². The predicted molar refractivity (Wildman–Crippen MR) is 55.6 cm³/mol. The summed E-state index contributed by atoms with van der Waals surface area (Å²) in [6.07, 6.45) is 4.83. The van der Waals surface area contributed by atoms with E-state index in [9.17, 15) is 9.90 Å². The van der Waals surface area contributed by atoms with Gasteiger partial charge in [0, 0.05) is 6.54 Å². The summed E-state index contributed by atoms with van der Waals surface area (Å²) in [6, 6.07) is 0. The zero-order valence-electron chi connectivity index (χ0n) is 9.24. The quantitative estimate of drug-likeness (QED) is 0.718. The molecule has 1 aliphatic heterocycles. The number of carbonyl (C=O) groups excluding carboxylic acids is 1. The van der Waals surface area contributed by atoms with Gasteiger partial charge in [0.15, 0.2) is 0 Å². The van der Waals surface area contributed by atoms with Gasteiger partial charge in [0.1, 0.15) is 6.10 Å². The highest BCUT2D eigenvalue weighted by atomic mass is 16.6. The maximum Gasteiger partial charge on any atom is 0.410 e. The maximum absolute atomic E-state index is 11.7. The lowest BCUT2D eigenvalue weighted by molar-refractivity contribution is 0.0473. The van der Waals surface area contributed by atoms with Gasteiger partial charge in [0.2, 0.25) is 0 Å². The summed E-state index contributed by atoms with van der Waals surface area (Å²) in [5.41, 5.74) is -0.727. The van der Waals surface area contributed by atoms with Crippen LogP contribution in [0, 0.1) is 0 Å². The molecule has 1 saturated heterocycles. The molecule has 4 nitrogen and oxygen atoms in total. The van der Waals surface area contributed by atoms with Crippen LogP contribution >= 0.6 is 0 Å². The third kappa shape index (κ3) is 2.62. The lowest BCUT2D eigenvalue weighted by atomic mass is 10.1. The summed E-state index contributed by atoms with van der Waals surface area (Å²) in [6.45, 7) is 2.77. The first kappa shape index (κ1) is 10.7. The number of likely N-dealkylation sites (tertiary alicyclic amines) is 1. The molecule has 1 unspecified atom stereocenters. The van der Waals surface area contributed by atoms with Gasteiger partial charge in [-0.05, 0) is 39.0 Å². The van der Waals surface area contributed by atoms with E-state index in [1.54, 1.807) is 11.8 Å². The van der Waals surface area contributed by atoms with Crippen LogP contribution in [0.3, 0.4) is 0 Å². The van der Waals surface area contributed by atoms with Crippen LogP contribution in [-0.2, 0) is 4.74 Å².